The lowest BCUT2D eigenvalue weighted by Crippen LogP contribution is -2.35. The van der Waals surface area contributed by atoms with Crippen molar-refractivity contribution in [1.29, 1.82) is 0 Å². The quantitative estimate of drug-likeness (QED) is 0.844. The molecule has 0 aliphatic heterocycles. The molecule has 1 saturated carbocycles. The number of fused-ring (bicyclic) bond motifs is 1. The van der Waals surface area contributed by atoms with E-state index in [1.165, 1.54) is 12.8 Å². The van der Waals surface area contributed by atoms with Crippen molar-refractivity contribution in [3.05, 3.63) is 23.5 Å². The minimum Gasteiger partial charge on any atom is -0.391 e. The minimum atomic E-state index is -0.465. The monoisotopic (exact) mass is 344 g/mol. The zero-order chi connectivity index (χ0) is 18.0. The van der Waals surface area contributed by atoms with Gasteiger partial charge in [-0.2, -0.15) is 5.10 Å². The number of pyridine rings is 1. The molecule has 2 aromatic heterocycles. The molecule has 3 rings (SSSR count). The Morgan fingerprint density at radius 1 is 1.44 bits per heavy atom. The molecular weight excluding hydrogens is 316 g/mol. The van der Waals surface area contributed by atoms with Gasteiger partial charge in [-0.25, -0.2) is 9.67 Å². The number of hydrogen-bond donors (Lipinski definition) is 2. The summed E-state index contributed by atoms with van der Waals surface area (Å²) in [7, 11) is 0. The number of amides is 1. The number of carbonyl (C=O) groups excluding carboxylic acids is 1. The maximum absolute atomic E-state index is 12.7. The largest absolute Gasteiger partial charge is 0.391 e. The number of hydrogen-bond acceptors (Lipinski definition) is 4. The molecule has 136 valence electrons. The summed E-state index contributed by atoms with van der Waals surface area (Å²) in [6.45, 7) is 6.38. The van der Waals surface area contributed by atoms with E-state index in [1.54, 1.807) is 12.3 Å². The molecule has 1 amide bonds. The smallest absolute Gasteiger partial charge is 0.252 e. The third kappa shape index (κ3) is 3.68. The number of rotatable bonds is 6. The van der Waals surface area contributed by atoms with Gasteiger partial charge in [-0.3, -0.25) is 4.79 Å². The van der Waals surface area contributed by atoms with Crippen molar-refractivity contribution in [2.24, 2.45) is 5.92 Å². The lowest BCUT2D eigenvalue weighted by atomic mass is 10.0. The Kier molecular flexibility index (Phi) is 5.37. The number of carbonyl (C=O) groups is 1. The van der Waals surface area contributed by atoms with Gasteiger partial charge < -0.3 is 10.4 Å². The fourth-order valence-corrected chi connectivity index (χ4v) is 3.63. The van der Waals surface area contributed by atoms with Gasteiger partial charge in [0.25, 0.3) is 5.91 Å². The van der Waals surface area contributed by atoms with E-state index in [4.69, 9.17) is 0 Å². The van der Waals surface area contributed by atoms with Crippen LogP contribution in [0, 0.1) is 12.8 Å². The molecule has 2 atom stereocenters. The van der Waals surface area contributed by atoms with Crippen molar-refractivity contribution in [1.82, 2.24) is 20.1 Å². The molecule has 0 aromatic carbocycles. The van der Waals surface area contributed by atoms with Crippen LogP contribution < -0.4 is 5.32 Å². The van der Waals surface area contributed by atoms with E-state index in [-0.39, 0.29) is 11.9 Å². The SMILES string of the molecule is CCC(C)n1ncc2c(C(=O)NCC(O)C3CCCC3)cc(C)nc21. The van der Waals surface area contributed by atoms with Crippen molar-refractivity contribution >= 4 is 16.9 Å². The van der Waals surface area contributed by atoms with Crippen molar-refractivity contribution in [3.63, 3.8) is 0 Å². The van der Waals surface area contributed by atoms with Gasteiger partial charge in [0, 0.05) is 12.2 Å². The van der Waals surface area contributed by atoms with Gasteiger partial charge in [-0.05, 0) is 45.1 Å². The van der Waals surface area contributed by atoms with Crippen LogP contribution in [-0.4, -0.2) is 38.4 Å². The lowest BCUT2D eigenvalue weighted by Gasteiger charge is -2.18. The maximum atomic E-state index is 12.7. The third-order valence-corrected chi connectivity index (χ3v) is 5.36. The summed E-state index contributed by atoms with van der Waals surface area (Å²) in [5.41, 5.74) is 2.12. The second-order valence-electron chi connectivity index (χ2n) is 7.22. The van der Waals surface area contributed by atoms with Gasteiger partial charge in [0.2, 0.25) is 0 Å². The van der Waals surface area contributed by atoms with E-state index in [9.17, 15) is 9.90 Å². The number of aromatic nitrogens is 3. The first-order valence-electron chi connectivity index (χ1n) is 9.32. The molecular formula is C19H28N4O2. The van der Waals surface area contributed by atoms with Gasteiger partial charge >= 0.3 is 0 Å². The molecule has 2 heterocycles. The summed E-state index contributed by atoms with van der Waals surface area (Å²) in [4.78, 5) is 17.3. The summed E-state index contributed by atoms with van der Waals surface area (Å²) >= 11 is 0. The van der Waals surface area contributed by atoms with E-state index >= 15 is 0 Å². The zero-order valence-corrected chi connectivity index (χ0v) is 15.3. The fraction of sp³-hybridized carbons (Fsp3) is 0.632. The maximum Gasteiger partial charge on any atom is 0.252 e. The number of nitrogens with zero attached hydrogens (tertiary/aromatic N) is 3. The van der Waals surface area contributed by atoms with Crippen LogP contribution in [-0.2, 0) is 0 Å². The van der Waals surface area contributed by atoms with E-state index in [1.807, 2.05) is 11.6 Å². The Bertz CT molecular complexity index is 749. The summed E-state index contributed by atoms with van der Waals surface area (Å²) in [6, 6.07) is 2.02. The first-order valence-corrected chi connectivity index (χ1v) is 9.32. The van der Waals surface area contributed by atoms with Crippen molar-refractivity contribution in [3.8, 4) is 0 Å². The first kappa shape index (κ1) is 17.9. The normalized spacial score (nSPS) is 17.8. The summed E-state index contributed by atoms with van der Waals surface area (Å²) in [5, 5.41) is 18.4. The van der Waals surface area contributed by atoms with Gasteiger partial charge in [0.1, 0.15) is 0 Å². The Hall–Kier alpha value is -1.95. The molecule has 1 fully saturated rings. The highest BCUT2D eigenvalue weighted by Crippen LogP contribution is 2.27. The molecule has 2 unspecified atom stereocenters. The standard InChI is InChI=1S/C19H28N4O2/c1-4-13(3)23-18-16(10-21-23)15(9-12(2)22-18)19(25)20-11-17(24)14-7-5-6-8-14/h9-10,13-14,17,24H,4-8,11H2,1-3H3,(H,20,25). The van der Waals surface area contributed by atoms with Gasteiger partial charge in [0.05, 0.1) is 29.3 Å². The van der Waals surface area contributed by atoms with Crippen LogP contribution in [0.4, 0.5) is 0 Å². The highest BCUT2D eigenvalue weighted by atomic mass is 16.3. The van der Waals surface area contributed by atoms with Crippen LogP contribution in [0.5, 0.6) is 0 Å². The highest BCUT2D eigenvalue weighted by Gasteiger charge is 2.24. The number of aryl methyl sites for hydroxylation is 1. The molecule has 25 heavy (non-hydrogen) atoms. The molecule has 0 saturated heterocycles. The number of aliphatic hydroxyl groups is 1. The Labute approximate surface area is 148 Å². The van der Waals surface area contributed by atoms with Crippen LogP contribution in [0.2, 0.25) is 0 Å². The molecule has 1 aliphatic rings. The van der Waals surface area contributed by atoms with Crippen LogP contribution in [0.15, 0.2) is 12.3 Å². The van der Waals surface area contributed by atoms with Gasteiger partial charge in [-0.15, -0.1) is 0 Å². The molecule has 6 heteroatoms. The highest BCUT2D eigenvalue weighted by molar-refractivity contribution is 6.05. The summed E-state index contributed by atoms with van der Waals surface area (Å²) in [6.07, 6.45) is 6.66. The Morgan fingerprint density at radius 3 is 2.84 bits per heavy atom. The molecule has 1 aliphatic carbocycles. The van der Waals surface area contributed by atoms with Crippen LogP contribution >= 0.6 is 0 Å². The Morgan fingerprint density at radius 2 is 2.16 bits per heavy atom. The fourth-order valence-electron chi connectivity index (χ4n) is 3.63. The van der Waals surface area contributed by atoms with Crippen LogP contribution in [0.1, 0.15) is 68.0 Å². The van der Waals surface area contributed by atoms with Crippen LogP contribution in [0.3, 0.4) is 0 Å². The van der Waals surface area contributed by atoms with E-state index in [0.29, 0.717) is 18.0 Å². The number of aliphatic hydroxyl groups excluding tert-OH is 1. The Balaban J connectivity index is 1.80. The summed E-state index contributed by atoms with van der Waals surface area (Å²) < 4.78 is 1.88. The average molecular weight is 344 g/mol. The van der Waals surface area contributed by atoms with Crippen molar-refractivity contribution in [2.45, 2.75) is 65.0 Å². The molecule has 0 spiro atoms. The molecule has 2 aromatic rings. The minimum absolute atomic E-state index is 0.170. The predicted octanol–water partition coefficient (Wildman–Crippen LogP) is 2.99. The summed E-state index contributed by atoms with van der Waals surface area (Å²) in [5.74, 6) is 0.142. The van der Waals surface area contributed by atoms with Crippen LogP contribution in [0.25, 0.3) is 11.0 Å². The topological polar surface area (TPSA) is 80.0 Å². The van der Waals surface area contributed by atoms with E-state index in [2.05, 4.69) is 29.2 Å². The van der Waals surface area contributed by atoms with Gasteiger partial charge in [0.15, 0.2) is 5.65 Å². The molecule has 0 bridgehead atoms. The number of nitrogens with one attached hydrogen (secondary N) is 1. The first-order chi connectivity index (χ1) is 12.0. The molecule has 0 radical (unpaired) electrons. The lowest BCUT2D eigenvalue weighted by molar-refractivity contribution is 0.0842. The molecule has 6 nitrogen and oxygen atoms in total. The second-order valence-corrected chi connectivity index (χ2v) is 7.22. The average Bonchev–Trinajstić information content (AvgIpc) is 3.27. The van der Waals surface area contributed by atoms with Gasteiger partial charge in [-0.1, -0.05) is 19.8 Å². The zero-order valence-electron chi connectivity index (χ0n) is 15.3. The van der Waals surface area contributed by atoms with E-state index in [0.717, 1.165) is 36.0 Å². The second kappa shape index (κ2) is 7.52. The van der Waals surface area contributed by atoms with Crippen molar-refractivity contribution in [2.75, 3.05) is 6.54 Å². The van der Waals surface area contributed by atoms with E-state index < -0.39 is 6.10 Å². The predicted molar refractivity (Wildman–Crippen MR) is 97.6 cm³/mol. The molecule has 2 N–H and O–H groups in total. The van der Waals surface area contributed by atoms with Crippen molar-refractivity contribution < 1.29 is 9.90 Å². The third-order valence-electron chi connectivity index (χ3n) is 5.36.